The van der Waals surface area contributed by atoms with Crippen molar-refractivity contribution in [1.82, 2.24) is 0 Å². The molecule has 0 aliphatic carbocycles. The van der Waals surface area contributed by atoms with Gasteiger partial charge in [0.25, 0.3) is 0 Å². The van der Waals surface area contributed by atoms with Crippen LogP contribution in [0, 0.1) is 0 Å². The van der Waals surface area contributed by atoms with Gasteiger partial charge in [0.1, 0.15) is 22.3 Å². The first-order chi connectivity index (χ1) is 27.7. The van der Waals surface area contributed by atoms with E-state index in [4.69, 9.17) is 8.83 Å². The van der Waals surface area contributed by atoms with Gasteiger partial charge in [0.2, 0.25) is 0 Å². The topological polar surface area (TPSA) is 29.5 Å². The number of fused-ring (bicyclic) bond motifs is 12. The van der Waals surface area contributed by atoms with E-state index in [0.717, 1.165) is 66.7 Å². The third-order valence-electron chi connectivity index (χ3n) is 11.3. The number of hydrogen-bond donors (Lipinski definition) is 0. The summed E-state index contributed by atoms with van der Waals surface area (Å²) >= 11 is 1.84. The van der Waals surface area contributed by atoms with Crippen molar-refractivity contribution in [3.05, 3.63) is 188 Å². The van der Waals surface area contributed by atoms with E-state index in [9.17, 15) is 0 Å². The van der Waals surface area contributed by atoms with Crippen molar-refractivity contribution in [3.8, 4) is 22.3 Å². The molecule has 0 aliphatic rings. The Balaban J connectivity index is 1.01. The number of thiophene rings is 1. The van der Waals surface area contributed by atoms with Crippen LogP contribution in [-0.4, -0.2) is 0 Å². The van der Waals surface area contributed by atoms with Crippen LogP contribution < -0.4 is 4.90 Å². The Labute approximate surface area is 325 Å². The lowest BCUT2D eigenvalue weighted by Crippen LogP contribution is -2.09. The molecule has 0 unspecified atom stereocenters. The summed E-state index contributed by atoms with van der Waals surface area (Å²) in [5.41, 5.74) is 11.4. The fourth-order valence-electron chi connectivity index (χ4n) is 8.67. The number of benzene rings is 9. The van der Waals surface area contributed by atoms with Gasteiger partial charge in [-0.15, -0.1) is 11.3 Å². The fourth-order valence-corrected chi connectivity index (χ4v) is 9.92. The van der Waals surface area contributed by atoms with Crippen molar-refractivity contribution in [2.24, 2.45) is 0 Å². The second-order valence-electron chi connectivity index (χ2n) is 14.4. The lowest BCUT2D eigenvalue weighted by atomic mass is 9.98. The van der Waals surface area contributed by atoms with Gasteiger partial charge >= 0.3 is 0 Å². The van der Waals surface area contributed by atoms with E-state index < -0.39 is 0 Å². The molecule has 56 heavy (non-hydrogen) atoms. The quantitative estimate of drug-likeness (QED) is 0.176. The van der Waals surface area contributed by atoms with Crippen molar-refractivity contribution in [3.63, 3.8) is 0 Å². The molecule has 0 amide bonds. The largest absolute Gasteiger partial charge is 0.456 e. The molecule has 4 heteroatoms. The number of furan rings is 2. The fraction of sp³-hybridized carbons (Fsp3) is 0. The SMILES string of the molecule is c1ccc(-c2ccc(N(c3ccc(-c4cccc5oc6ccc7c8ccccc8sc7c6c45)cc3)c3ccc4c(c3)oc3ccc5ccccc5c34)cc2)cc1. The minimum absolute atomic E-state index is 0.863. The molecule has 262 valence electrons. The van der Waals surface area contributed by atoms with Crippen LogP contribution in [0.2, 0.25) is 0 Å². The Morgan fingerprint density at radius 2 is 0.982 bits per heavy atom. The zero-order valence-corrected chi connectivity index (χ0v) is 30.9. The van der Waals surface area contributed by atoms with E-state index >= 15 is 0 Å². The van der Waals surface area contributed by atoms with Gasteiger partial charge in [0, 0.05) is 64.8 Å². The Bertz CT molecular complexity index is 3460. The zero-order valence-electron chi connectivity index (χ0n) is 30.1. The molecule has 12 aromatic rings. The zero-order chi connectivity index (χ0) is 36.7. The average Bonchev–Trinajstić information content (AvgIpc) is 3.96. The van der Waals surface area contributed by atoms with Gasteiger partial charge in [-0.25, -0.2) is 0 Å². The number of nitrogens with zero attached hydrogens (tertiary/aromatic N) is 1. The van der Waals surface area contributed by atoms with Crippen LogP contribution >= 0.6 is 11.3 Å². The van der Waals surface area contributed by atoms with Gasteiger partial charge < -0.3 is 13.7 Å². The van der Waals surface area contributed by atoms with E-state index in [1.165, 1.54) is 47.5 Å². The van der Waals surface area contributed by atoms with E-state index in [2.05, 4.69) is 193 Å². The standard InChI is InChI=1S/C52H31NO2S/c1-2-9-32(10-3-1)33-17-22-36(23-18-33)53(38-26-27-43-47(31-38)55-45-29-21-34-11-4-5-12-39(34)49(43)45)37-24-19-35(20-25-37)40-14-8-15-44-50(40)51-46(54-44)30-28-42-41-13-6-7-16-48(41)56-52(42)51/h1-31H. The Hall–Kier alpha value is -7.14. The van der Waals surface area contributed by atoms with Crippen LogP contribution in [0.15, 0.2) is 197 Å². The van der Waals surface area contributed by atoms with Crippen LogP contribution in [0.1, 0.15) is 0 Å². The van der Waals surface area contributed by atoms with Gasteiger partial charge in [-0.1, -0.05) is 115 Å². The van der Waals surface area contributed by atoms with Gasteiger partial charge in [0.15, 0.2) is 0 Å². The van der Waals surface area contributed by atoms with E-state index in [1.807, 2.05) is 11.3 Å². The van der Waals surface area contributed by atoms with E-state index in [-0.39, 0.29) is 0 Å². The van der Waals surface area contributed by atoms with Crippen molar-refractivity contribution in [1.29, 1.82) is 0 Å². The van der Waals surface area contributed by atoms with E-state index in [1.54, 1.807) is 0 Å². The van der Waals surface area contributed by atoms with Crippen LogP contribution in [0.5, 0.6) is 0 Å². The van der Waals surface area contributed by atoms with Crippen LogP contribution in [0.3, 0.4) is 0 Å². The highest BCUT2D eigenvalue weighted by Gasteiger charge is 2.20. The van der Waals surface area contributed by atoms with Crippen molar-refractivity contribution >= 4 is 103 Å². The highest BCUT2D eigenvalue weighted by atomic mass is 32.1. The predicted octanol–water partition coefficient (Wildman–Crippen LogP) is 15.8. The van der Waals surface area contributed by atoms with Crippen LogP contribution in [0.4, 0.5) is 17.1 Å². The summed E-state index contributed by atoms with van der Waals surface area (Å²) in [6.07, 6.45) is 0. The number of hydrogen-bond acceptors (Lipinski definition) is 4. The maximum absolute atomic E-state index is 6.56. The second-order valence-corrected chi connectivity index (χ2v) is 15.5. The van der Waals surface area contributed by atoms with Gasteiger partial charge in [-0.2, -0.15) is 0 Å². The van der Waals surface area contributed by atoms with Crippen molar-refractivity contribution in [2.75, 3.05) is 4.90 Å². The third-order valence-corrected chi connectivity index (χ3v) is 12.5. The summed E-state index contributed by atoms with van der Waals surface area (Å²) < 4.78 is 15.6. The molecule has 3 aromatic heterocycles. The molecule has 3 nitrogen and oxygen atoms in total. The summed E-state index contributed by atoms with van der Waals surface area (Å²) in [5.74, 6) is 0. The molecule has 0 bridgehead atoms. The normalized spacial score (nSPS) is 11.9. The molecule has 0 radical (unpaired) electrons. The third kappa shape index (κ3) is 4.76. The summed E-state index contributed by atoms with van der Waals surface area (Å²) in [6, 6.07) is 67.1. The second kappa shape index (κ2) is 12.2. The lowest BCUT2D eigenvalue weighted by Gasteiger charge is -2.26. The van der Waals surface area contributed by atoms with Gasteiger partial charge in [0.05, 0.1) is 0 Å². The van der Waals surface area contributed by atoms with Crippen molar-refractivity contribution in [2.45, 2.75) is 0 Å². The molecule has 3 heterocycles. The van der Waals surface area contributed by atoms with Gasteiger partial charge in [-0.05, 0) is 99.8 Å². The molecule has 0 spiro atoms. The minimum Gasteiger partial charge on any atom is -0.456 e. The van der Waals surface area contributed by atoms with Crippen LogP contribution in [0.25, 0.3) is 97.1 Å². The maximum atomic E-state index is 6.56. The highest BCUT2D eigenvalue weighted by Crippen LogP contribution is 2.46. The first kappa shape index (κ1) is 31.2. The summed E-state index contributed by atoms with van der Waals surface area (Å²) in [7, 11) is 0. The molecule has 0 saturated carbocycles. The molecule has 0 aliphatic heterocycles. The number of anilines is 3. The predicted molar refractivity (Wildman–Crippen MR) is 237 cm³/mol. The summed E-state index contributed by atoms with van der Waals surface area (Å²) in [5, 5.41) is 9.58. The lowest BCUT2D eigenvalue weighted by molar-refractivity contribution is 0.669. The molecule has 9 aromatic carbocycles. The number of rotatable bonds is 5. The summed E-state index contributed by atoms with van der Waals surface area (Å²) in [4.78, 5) is 2.32. The molecule has 0 saturated heterocycles. The average molecular weight is 734 g/mol. The van der Waals surface area contributed by atoms with Crippen LogP contribution in [-0.2, 0) is 0 Å². The first-order valence-corrected chi connectivity index (χ1v) is 19.7. The highest BCUT2D eigenvalue weighted by molar-refractivity contribution is 7.26. The first-order valence-electron chi connectivity index (χ1n) is 18.9. The molecule has 12 rings (SSSR count). The Morgan fingerprint density at radius 1 is 0.357 bits per heavy atom. The van der Waals surface area contributed by atoms with E-state index in [0.29, 0.717) is 0 Å². The molecule has 0 atom stereocenters. The maximum Gasteiger partial charge on any atom is 0.137 e. The molecule has 0 N–H and O–H groups in total. The Morgan fingerprint density at radius 3 is 1.82 bits per heavy atom. The minimum atomic E-state index is 0.863. The summed E-state index contributed by atoms with van der Waals surface area (Å²) in [6.45, 7) is 0. The smallest absolute Gasteiger partial charge is 0.137 e. The Kier molecular flexibility index (Phi) is 6.80. The van der Waals surface area contributed by atoms with Crippen molar-refractivity contribution < 1.29 is 8.83 Å². The monoisotopic (exact) mass is 733 g/mol. The van der Waals surface area contributed by atoms with Gasteiger partial charge in [-0.3, -0.25) is 0 Å². The molecular weight excluding hydrogens is 703 g/mol. The molecule has 0 fully saturated rings. The molecular formula is C52H31NO2S.